The van der Waals surface area contributed by atoms with Crippen LogP contribution in [0.1, 0.15) is 22.3 Å². The van der Waals surface area contributed by atoms with Crippen LogP contribution in [0.15, 0.2) is 58.1 Å². The van der Waals surface area contributed by atoms with E-state index in [4.69, 9.17) is 4.98 Å². The molecule has 0 unspecified atom stereocenters. The van der Waals surface area contributed by atoms with Gasteiger partial charge in [0.2, 0.25) is 5.95 Å². The van der Waals surface area contributed by atoms with Gasteiger partial charge < -0.3 is 4.90 Å². The van der Waals surface area contributed by atoms with Crippen molar-refractivity contribution in [1.82, 2.24) is 24.0 Å². The van der Waals surface area contributed by atoms with Crippen molar-refractivity contribution in [3.63, 3.8) is 0 Å². The highest BCUT2D eigenvalue weighted by Crippen LogP contribution is 2.24. The SMILES string of the molecule is Cc1ccc(CN2CCN(c3nc4c(c(=O)[nH]c(=O)n4C)n3Cc3ccccc3C)CC2)cc1. The first kappa shape index (κ1) is 22.2. The summed E-state index contributed by atoms with van der Waals surface area (Å²) in [6.07, 6.45) is 0. The molecule has 8 heteroatoms. The highest BCUT2D eigenvalue weighted by molar-refractivity contribution is 5.74. The summed E-state index contributed by atoms with van der Waals surface area (Å²) < 4.78 is 3.38. The standard InChI is InChI=1S/C26H30N6O2/c1-18-8-10-20(11-9-18)16-30-12-14-31(15-13-30)25-27-23-22(24(33)28-26(34)29(23)3)32(25)17-21-7-5-4-6-19(21)2/h4-11H,12-17H2,1-3H3,(H,28,33,34). The Labute approximate surface area is 198 Å². The van der Waals surface area contributed by atoms with Gasteiger partial charge in [-0.2, -0.15) is 4.98 Å². The van der Waals surface area contributed by atoms with Crippen LogP contribution in [-0.4, -0.2) is 50.2 Å². The lowest BCUT2D eigenvalue weighted by atomic mass is 10.1. The molecule has 0 radical (unpaired) electrons. The Balaban J connectivity index is 1.47. The van der Waals surface area contributed by atoms with E-state index in [0.29, 0.717) is 17.7 Å². The van der Waals surface area contributed by atoms with Gasteiger partial charge >= 0.3 is 5.69 Å². The Morgan fingerprint density at radius 2 is 1.62 bits per heavy atom. The van der Waals surface area contributed by atoms with Gasteiger partial charge in [-0.3, -0.25) is 23.8 Å². The van der Waals surface area contributed by atoms with E-state index in [1.165, 1.54) is 15.7 Å². The molecule has 8 nitrogen and oxygen atoms in total. The zero-order valence-corrected chi connectivity index (χ0v) is 19.9. The number of nitrogens with zero attached hydrogens (tertiary/aromatic N) is 5. The Hall–Kier alpha value is -3.65. The van der Waals surface area contributed by atoms with Gasteiger partial charge in [-0.1, -0.05) is 54.1 Å². The summed E-state index contributed by atoms with van der Waals surface area (Å²) in [5.41, 5.74) is 4.85. The maximum Gasteiger partial charge on any atom is 0.329 e. The number of H-pyrrole nitrogens is 1. The van der Waals surface area contributed by atoms with Crippen LogP contribution in [0.5, 0.6) is 0 Å². The second kappa shape index (κ2) is 8.95. The van der Waals surface area contributed by atoms with Crippen molar-refractivity contribution in [2.24, 2.45) is 7.05 Å². The van der Waals surface area contributed by atoms with Crippen LogP contribution < -0.4 is 16.1 Å². The van der Waals surface area contributed by atoms with E-state index in [2.05, 4.69) is 65.0 Å². The van der Waals surface area contributed by atoms with E-state index < -0.39 is 11.2 Å². The van der Waals surface area contributed by atoms with E-state index in [1.807, 2.05) is 16.7 Å². The summed E-state index contributed by atoms with van der Waals surface area (Å²) in [5.74, 6) is 0.736. The van der Waals surface area contributed by atoms with Crippen LogP contribution in [-0.2, 0) is 20.1 Å². The largest absolute Gasteiger partial charge is 0.340 e. The Morgan fingerprint density at radius 3 is 2.32 bits per heavy atom. The third-order valence-electron chi connectivity index (χ3n) is 6.76. The van der Waals surface area contributed by atoms with Crippen molar-refractivity contribution in [1.29, 1.82) is 0 Å². The molecule has 0 bridgehead atoms. The summed E-state index contributed by atoms with van der Waals surface area (Å²) in [5, 5.41) is 0. The number of anilines is 1. The molecule has 4 aromatic rings. The van der Waals surface area contributed by atoms with Gasteiger partial charge in [-0.25, -0.2) is 4.79 Å². The number of imidazole rings is 1. The summed E-state index contributed by atoms with van der Waals surface area (Å²) in [4.78, 5) is 37.0. The molecule has 0 spiro atoms. The monoisotopic (exact) mass is 458 g/mol. The highest BCUT2D eigenvalue weighted by atomic mass is 16.2. The van der Waals surface area contributed by atoms with Crippen LogP contribution in [0.4, 0.5) is 5.95 Å². The molecule has 1 saturated heterocycles. The average molecular weight is 459 g/mol. The molecule has 5 rings (SSSR count). The zero-order chi connectivity index (χ0) is 23.8. The molecule has 0 aliphatic carbocycles. The Bertz CT molecular complexity index is 1440. The van der Waals surface area contributed by atoms with Gasteiger partial charge in [-0.15, -0.1) is 0 Å². The second-order valence-electron chi connectivity index (χ2n) is 9.16. The first-order chi connectivity index (χ1) is 16.4. The average Bonchev–Trinajstić information content (AvgIpc) is 3.21. The summed E-state index contributed by atoms with van der Waals surface area (Å²) in [6, 6.07) is 16.8. The van der Waals surface area contributed by atoms with Crippen molar-refractivity contribution >= 4 is 17.1 Å². The zero-order valence-electron chi connectivity index (χ0n) is 19.9. The number of benzene rings is 2. The predicted molar refractivity (Wildman–Crippen MR) is 135 cm³/mol. The quantitative estimate of drug-likeness (QED) is 0.497. The topological polar surface area (TPSA) is 79.2 Å². The van der Waals surface area contributed by atoms with E-state index in [0.717, 1.165) is 49.8 Å². The fraction of sp³-hybridized carbons (Fsp3) is 0.346. The summed E-state index contributed by atoms with van der Waals surface area (Å²) in [7, 11) is 1.65. The van der Waals surface area contributed by atoms with E-state index in [-0.39, 0.29) is 0 Å². The van der Waals surface area contributed by atoms with Crippen LogP contribution in [0.25, 0.3) is 11.2 Å². The molecule has 34 heavy (non-hydrogen) atoms. The Morgan fingerprint density at radius 1 is 0.912 bits per heavy atom. The van der Waals surface area contributed by atoms with Crippen molar-refractivity contribution in [3.8, 4) is 0 Å². The minimum atomic E-state index is -0.451. The van der Waals surface area contributed by atoms with Crippen LogP contribution in [0.2, 0.25) is 0 Å². The van der Waals surface area contributed by atoms with Gasteiger partial charge in [0.05, 0.1) is 6.54 Å². The Kier molecular flexibility index (Phi) is 5.83. The van der Waals surface area contributed by atoms with Crippen molar-refractivity contribution in [3.05, 3.63) is 91.6 Å². The van der Waals surface area contributed by atoms with Crippen LogP contribution in [0, 0.1) is 13.8 Å². The third-order valence-corrected chi connectivity index (χ3v) is 6.76. The van der Waals surface area contributed by atoms with Crippen molar-refractivity contribution in [2.75, 3.05) is 31.1 Å². The smallest absolute Gasteiger partial charge is 0.329 e. The van der Waals surface area contributed by atoms with Gasteiger partial charge in [0, 0.05) is 39.8 Å². The molecule has 0 amide bonds. The molecule has 1 aliphatic rings. The van der Waals surface area contributed by atoms with E-state index >= 15 is 0 Å². The predicted octanol–water partition coefficient (Wildman–Crippen LogP) is 2.41. The summed E-state index contributed by atoms with van der Waals surface area (Å²) >= 11 is 0. The first-order valence-corrected chi connectivity index (χ1v) is 11.7. The number of piperazine rings is 1. The molecule has 3 heterocycles. The molecule has 1 fully saturated rings. The molecule has 0 atom stereocenters. The number of rotatable bonds is 5. The minimum absolute atomic E-state index is 0.400. The van der Waals surface area contributed by atoms with E-state index in [1.54, 1.807) is 7.05 Å². The third kappa shape index (κ3) is 4.17. The maximum absolute atomic E-state index is 12.9. The molecule has 1 aliphatic heterocycles. The second-order valence-corrected chi connectivity index (χ2v) is 9.16. The molecule has 2 aromatic carbocycles. The molecular weight excluding hydrogens is 428 g/mol. The number of aromatic nitrogens is 4. The van der Waals surface area contributed by atoms with Crippen LogP contribution >= 0.6 is 0 Å². The number of hydrogen-bond acceptors (Lipinski definition) is 5. The molecule has 0 saturated carbocycles. The van der Waals surface area contributed by atoms with Crippen molar-refractivity contribution in [2.45, 2.75) is 26.9 Å². The fourth-order valence-electron chi connectivity index (χ4n) is 4.63. The van der Waals surface area contributed by atoms with Crippen LogP contribution in [0.3, 0.4) is 0 Å². The molecule has 176 valence electrons. The number of hydrogen-bond donors (Lipinski definition) is 1. The lowest BCUT2D eigenvalue weighted by Crippen LogP contribution is -2.47. The minimum Gasteiger partial charge on any atom is -0.340 e. The molecule has 2 aromatic heterocycles. The first-order valence-electron chi connectivity index (χ1n) is 11.7. The number of nitrogens with one attached hydrogen (secondary N) is 1. The highest BCUT2D eigenvalue weighted by Gasteiger charge is 2.25. The summed E-state index contributed by atoms with van der Waals surface area (Å²) in [6.45, 7) is 9.01. The van der Waals surface area contributed by atoms with Gasteiger partial charge in [-0.05, 0) is 30.5 Å². The number of aromatic amines is 1. The normalized spacial score (nSPS) is 14.7. The molecular formula is C26H30N6O2. The maximum atomic E-state index is 12.9. The van der Waals surface area contributed by atoms with Gasteiger partial charge in [0.1, 0.15) is 0 Å². The number of aryl methyl sites for hydroxylation is 3. The van der Waals surface area contributed by atoms with Gasteiger partial charge in [0.25, 0.3) is 5.56 Å². The lowest BCUT2D eigenvalue weighted by molar-refractivity contribution is 0.248. The fourth-order valence-corrected chi connectivity index (χ4v) is 4.63. The van der Waals surface area contributed by atoms with Crippen molar-refractivity contribution < 1.29 is 0 Å². The lowest BCUT2D eigenvalue weighted by Gasteiger charge is -2.35. The van der Waals surface area contributed by atoms with E-state index in [9.17, 15) is 9.59 Å². The van der Waals surface area contributed by atoms with Gasteiger partial charge in [0.15, 0.2) is 11.2 Å². The molecule has 1 N–H and O–H groups in total. The number of fused-ring (bicyclic) bond motifs is 1.